The van der Waals surface area contributed by atoms with Gasteiger partial charge in [0.1, 0.15) is 0 Å². The predicted molar refractivity (Wildman–Crippen MR) is 127 cm³/mol. The van der Waals surface area contributed by atoms with E-state index in [9.17, 15) is 4.79 Å². The molecule has 0 N–H and O–H groups in total. The first-order valence-electron chi connectivity index (χ1n) is 12.1. The van der Waals surface area contributed by atoms with Gasteiger partial charge in [-0.15, -0.1) is 0 Å². The van der Waals surface area contributed by atoms with E-state index in [1.807, 2.05) is 14.1 Å². The lowest BCUT2D eigenvalue weighted by Gasteiger charge is -2.47. The number of carbonyl (C=O) groups is 1. The molecule has 2 aliphatic rings. The van der Waals surface area contributed by atoms with Crippen molar-refractivity contribution in [3.63, 3.8) is 0 Å². The van der Waals surface area contributed by atoms with Gasteiger partial charge in [-0.2, -0.15) is 0 Å². The molecular formula is C26H42N2O4. The van der Waals surface area contributed by atoms with Gasteiger partial charge in [0.2, 0.25) is 0 Å². The molecule has 2 heterocycles. The first kappa shape index (κ1) is 24.8. The summed E-state index contributed by atoms with van der Waals surface area (Å²) in [5.41, 5.74) is 2.70. The number of hydrogen-bond donors (Lipinski definition) is 0. The van der Waals surface area contributed by atoms with Crippen molar-refractivity contribution in [1.82, 2.24) is 9.80 Å². The van der Waals surface area contributed by atoms with Crippen molar-refractivity contribution in [3.05, 3.63) is 23.3 Å². The highest BCUT2D eigenvalue weighted by Gasteiger charge is 2.40. The van der Waals surface area contributed by atoms with Crippen molar-refractivity contribution in [3.8, 4) is 11.5 Å². The molecule has 0 aliphatic carbocycles. The molecule has 6 heteroatoms. The molecule has 1 fully saturated rings. The van der Waals surface area contributed by atoms with Crippen LogP contribution in [0.5, 0.6) is 11.5 Å². The summed E-state index contributed by atoms with van der Waals surface area (Å²) in [6.07, 6.45) is 4.56. The van der Waals surface area contributed by atoms with Gasteiger partial charge in [0.25, 0.3) is 0 Å². The summed E-state index contributed by atoms with van der Waals surface area (Å²) in [5, 5.41) is 0. The molecule has 32 heavy (non-hydrogen) atoms. The van der Waals surface area contributed by atoms with Gasteiger partial charge >= 0.3 is 5.97 Å². The minimum atomic E-state index is -0.0620. The van der Waals surface area contributed by atoms with Gasteiger partial charge in [-0.05, 0) is 87.3 Å². The zero-order chi connectivity index (χ0) is 23.3. The van der Waals surface area contributed by atoms with Gasteiger partial charge in [0, 0.05) is 25.6 Å². The zero-order valence-corrected chi connectivity index (χ0v) is 20.9. The fourth-order valence-corrected chi connectivity index (χ4v) is 5.39. The lowest BCUT2D eigenvalue weighted by atomic mass is 9.74. The van der Waals surface area contributed by atoms with E-state index in [0.29, 0.717) is 36.8 Å². The van der Waals surface area contributed by atoms with Crippen LogP contribution in [0.3, 0.4) is 0 Å². The molecule has 1 aromatic carbocycles. The molecular weight excluding hydrogens is 404 g/mol. The summed E-state index contributed by atoms with van der Waals surface area (Å²) in [6, 6.07) is 4.66. The zero-order valence-electron chi connectivity index (χ0n) is 20.9. The van der Waals surface area contributed by atoms with Crippen LogP contribution in [-0.2, 0) is 16.0 Å². The number of piperidine rings is 1. The van der Waals surface area contributed by atoms with E-state index in [-0.39, 0.29) is 5.97 Å². The van der Waals surface area contributed by atoms with Crippen molar-refractivity contribution in [2.75, 3.05) is 54.6 Å². The second-order valence-corrected chi connectivity index (χ2v) is 10.1. The van der Waals surface area contributed by atoms with Crippen LogP contribution in [0.25, 0.3) is 0 Å². The van der Waals surface area contributed by atoms with Crippen LogP contribution in [0.1, 0.15) is 56.7 Å². The lowest BCUT2D eigenvalue weighted by molar-refractivity contribution is -0.147. The molecule has 0 amide bonds. The Morgan fingerprint density at radius 3 is 2.53 bits per heavy atom. The largest absolute Gasteiger partial charge is 0.493 e. The lowest BCUT2D eigenvalue weighted by Crippen LogP contribution is -2.47. The summed E-state index contributed by atoms with van der Waals surface area (Å²) in [7, 11) is 7.45. The number of benzene rings is 1. The normalized spacial score (nSPS) is 23.1. The van der Waals surface area contributed by atoms with Crippen molar-refractivity contribution < 1.29 is 19.0 Å². The smallest absolute Gasteiger partial charge is 0.305 e. The molecule has 2 aliphatic heterocycles. The quantitative estimate of drug-likeness (QED) is 0.503. The van der Waals surface area contributed by atoms with Crippen molar-refractivity contribution in [2.45, 2.75) is 52.0 Å². The maximum absolute atomic E-state index is 12.3. The van der Waals surface area contributed by atoms with Gasteiger partial charge in [-0.1, -0.05) is 13.8 Å². The van der Waals surface area contributed by atoms with Crippen LogP contribution < -0.4 is 9.47 Å². The molecule has 3 atom stereocenters. The Bertz CT molecular complexity index is 764. The van der Waals surface area contributed by atoms with Gasteiger partial charge in [-0.3, -0.25) is 9.69 Å². The topological polar surface area (TPSA) is 51.2 Å². The number of carbonyl (C=O) groups excluding carboxylic acids is 1. The molecule has 0 spiro atoms. The first-order chi connectivity index (χ1) is 15.3. The molecule has 3 rings (SSSR count). The van der Waals surface area contributed by atoms with Gasteiger partial charge in [0.05, 0.1) is 20.8 Å². The van der Waals surface area contributed by atoms with Crippen molar-refractivity contribution in [1.29, 1.82) is 0 Å². The summed E-state index contributed by atoms with van der Waals surface area (Å²) >= 11 is 0. The van der Waals surface area contributed by atoms with E-state index in [4.69, 9.17) is 14.2 Å². The predicted octanol–water partition coefficient (Wildman–Crippen LogP) is 4.17. The number of ether oxygens (including phenoxy) is 3. The number of methoxy groups -OCH3 is 2. The Hall–Kier alpha value is -1.79. The molecule has 0 radical (unpaired) electrons. The molecule has 1 aromatic rings. The third-order valence-corrected chi connectivity index (χ3v) is 6.99. The fraction of sp³-hybridized carbons (Fsp3) is 0.731. The first-order valence-corrected chi connectivity index (χ1v) is 12.1. The number of nitrogens with zero attached hydrogens (tertiary/aromatic N) is 2. The second-order valence-electron chi connectivity index (χ2n) is 10.1. The molecule has 1 saturated heterocycles. The molecule has 0 aromatic heterocycles. The third kappa shape index (κ3) is 6.16. The maximum atomic E-state index is 12.3. The minimum absolute atomic E-state index is 0.0620. The Kier molecular flexibility index (Phi) is 8.83. The average Bonchev–Trinajstić information content (AvgIpc) is 2.75. The molecule has 180 valence electrons. The van der Waals surface area contributed by atoms with Crippen LogP contribution in [0.2, 0.25) is 0 Å². The Morgan fingerprint density at radius 2 is 1.88 bits per heavy atom. The van der Waals surface area contributed by atoms with Crippen LogP contribution >= 0.6 is 0 Å². The Labute approximate surface area is 194 Å². The van der Waals surface area contributed by atoms with Crippen LogP contribution in [0.4, 0.5) is 0 Å². The van der Waals surface area contributed by atoms with Crippen molar-refractivity contribution >= 4 is 5.97 Å². The van der Waals surface area contributed by atoms with E-state index in [2.05, 4.69) is 35.8 Å². The van der Waals surface area contributed by atoms with E-state index >= 15 is 0 Å². The number of esters is 1. The van der Waals surface area contributed by atoms with Gasteiger partial charge < -0.3 is 19.1 Å². The molecule has 0 bridgehead atoms. The average molecular weight is 447 g/mol. The standard InChI is InChI=1S/C26H42N2O4/c1-18(2)12-20-16-28-11-9-19-14-24(30-5)25(31-6)15-22(19)23(28)13-21(20)17-32-26(29)8-7-10-27(3)4/h14-15,18,20-21,23H,7-13,16-17H2,1-6H3. The number of rotatable bonds is 10. The minimum Gasteiger partial charge on any atom is -0.493 e. The van der Waals surface area contributed by atoms with Crippen molar-refractivity contribution in [2.24, 2.45) is 17.8 Å². The number of fused-ring (bicyclic) bond motifs is 3. The number of hydrogen-bond acceptors (Lipinski definition) is 6. The summed E-state index contributed by atoms with van der Waals surface area (Å²) < 4.78 is 16.9. The van der Waals surface area contributed by atoms with Crippen LogP contribution in [0.15, 0.2) is 12.1 Å². The molecule has 3 unspecified atom stereocenters. The highest BCUT2D eigenvalue weighted by Crippen LogP contribution is 2.45. The molecule has 0 saturated carbocycles. The summed E-state index contributed by atoms with van der Waals surface area (Å²) in [5.74, 6) is 3.11. The highest BCUT2D eigenvalue weighted by molar-refractivity contribution is 5.69. The second kappa shape index (κ2) is 11.4. The van der Waals surface area contributed by atoms with E-state index < -0.39 is 0 Å². The Balaban J connectivity index is 1.73. The maximum Gasteiger partial charge on any atom is 0.305 e. The SMILES string of the molecule is COc1cc2c(cc1OC)C1CC(COC(=O)CCCN(C)C)C(CC(C)C)CN1CC2. The third-order valence-electron chi connectivity index (χ3n) is 6.99. The van der Waals surface area contributed by atoms with Crippen LogP contribution in [0, 0.1) is 17.8 Å². The van der Waals surface area contributed by atoms with E-state index in [0.717, 1.165) is 50.4 Å². The van der Waals surface area contributed by atoms with Gasteiger partial charge in [-0.25, -0.2) is 0 Å². The fourth-order valence-electron chi connectivity index (χ4n) is 5.39. The highest BCUT2D eigenvalue weighted by atomic mass is 16.5. The summed E-state index contributed by atoms with van der Waals surface area (Å²) in [6.45, 7) is 8.16. The molecule has 6 nitrogen and oxygen atoms in total. The van der Waals surface area contributed by atoms with E-state index in [1.54, 1.807) is 14.2 Å². The van der Waals surface area contributed by atoms with Gasteiger partial charge in [0.15, 0.2) is 11.5 Å². The Morgan fingerprint density at radius 1 is 1.16 bits per heavy atom. The van der Waals surface area contributed by atoms with Crippen LogP contribution in [-0.4, -0.2) is 70.3 Å². The van der Waals surface area contributed by atoms with E-state index in [1.165, 1.54) is 17.5 Å². The monoisotopic (exact) mass is 446 g/mol. The summed E-state index contributed by atoms with van der Waals surface area (Å²) in [4.78, 5) is 17.1.